The average Bonchev–Trinajstić information content (AvgIpc) is 2.37. The fourth-order valence-electron chi connectivity index (χ4n) is 1.61. The first-order valence-electron chi connectivity index (χ1n) is 7.42. The Morgan fingerprint density at radius 2 is 1.86 bits per heavy atom. The Bertz CT molecular complexity index is 507. The van der Waals surface area contributed by atoms with E-state index >= 15 is 0 Å². The number of nitrogens with zero attached hydrogens (tertiary/aromatic N) is 1. The fourth-order valence-corrected chi connectivity index (χ4v) is 1.61. The van der Waals surface area contributed by atoms with Gasteiger partial charge >= 0.3 is 0 Å². The standard InChI is InChI=1S/C17H26N2O2/c1-11(2)14(6)18-17(21-12(3)4)19-16(20)15-9-7-8-13(5)10-15/h7-12,14H,1-6H3,(H,18,19,20). The summed E-state index contributed by atoms with van der Waals surface area (Å²) in [5.74, 6) is 0.181. The van der Waals surface area contributed by atoms with Crippen molar-refractivity contribution < 1.29 is 9.53 Å². The molecular weight excluding hydrogens is 264 g/mol. The van der Waals surface area contributed by atoms with Crippen molar-refractivity contribution in [2.75, 3.05) is 0 Å². The van der Waals surface area contributed by atoms with E-state index in [1.54, 1.807) is 6.07 Å². The molecule has 4 nitrogen and oxygen atoms in total. The van der Waals surface area contributed by atoms with Crippen LogP contribution in [-0.2, 0) is 4.74 Å². The van der Waals surface area contributed by atoms with E-state index in [1.165, 1.54) is 0 Å². The predicted molar refractivity (Wildman–Crippen MR) is 86.6 cm³/mol. The van der Waals surface area contributed by atoms with Gasteiger partial charge in [0.15, 0.2) is 0 Å². The molecule has 1 atom stereocenters. The number of rotatable bonds is 4. The summed E-state index contributed by atoms with van der Waals surface area (Å²) in [5.41, 5.74) is 1.65. The highest BCUT2D eigenvalue weighted by Gasteiger charge is 2.14. The number of benzene rings is 1. The Kier molecular flexibility index (Phi) is 6.40. The van der Waals surface area contributed by atoms with Crippen LogP contribution in [0.15, 0.2) is 29.3 Å². The van der Waals surface area contributed by atoms with Gasteiger partial charge in [0.25, 0.3) is 11.9 Å². The number of carbonyl (C=O) groups is 1. The lowest BCUT2D eigenvalue weighted by Crippen LogP contribution is -2.35. The van der Waals surface area contributed by atoms with E-state index in [0.717, 1.165) is 5.56 Å². The summed E-state index contributed by atoms with van der Waals surface area (Å²) >= 11 is 0. The molecule has 1 aromatic carbocycles. The SMILES string of the molecule is Cc1cccc(C(=O)NC(=NC(C)C(C)C)OC(C)C)c1. The van der Waals surface area contributed by atoms with Gasteiger partial charge in [0.2, 0.25) is 0 Å². The summed E-state index contributed by atoms with van der Waals surface area (Å²) in [6.07, 6.45) is -0.0408. The Morgan fingerprint density at radius 3 is 2.38 bits per heavy atom. The highest BCUT2D eigenvalue weighted by atomic mass is 16.5. The number of aryl methyl sites for hydroxylation is 1. The normalized spacial score (nSPS) is 13.4. The monoisotopic (exact) mass is 290 g/mol. The second kappa shape index (κ2) is 7.81. The highest BCUT2D eigenvalue weighted by molar-refractivity contribution is 6.04. The van der Waals surface area contributed by atoms with Crippen LogP contribution in [0.25, 0.3) is 0 Å². The van der Waals surface area contributed by atoms with Gasteiger partial charge in [0.1, 0.15) is 0 Å². The van der Waals surface area contributed by atoms with Crippen LogP contribution < -0.4 is 5.32 Å². The molecule has 4 heteroatoms. The Labute approximate surface area is 127 Å². The first-order chi connectivity index (χ1) is 9.79. The molecule has 1 amide bonds. The minimum absolute atomic E-state index is 0.0408. The smallest absolute Gasteiger partial charge is 0.292 e. The second-order valence-electron chi connectivity index (χ2n) is 5.91. The maximum atomic E-state index is 12.3. The molecule has 1 rings (SSSR count). The molecule has 0 spiro atoms. The summed E-state index contributed by atoms with van der Waals surface area (Å²) in [6.45, 7) is 12.0. The molecule has 116 valence electrons. The Balaban J connectivity index is 2.88. The predicted octanol–water partition coefficient (Wildman–Crippen LogP) is 3.55. The molecule has 21 heavy (non-hydrogen) atoms. The Hall–Kier alpha value is -1.84. The van der Waals surface area contributed by atoms with Crippen LogP contribution in [0.4, 0.5) is 0 Å². The van der Waals surface area contributed by atoms with Crippen molar-refractivity contribution in [3.63, 3.8) is 0 Å². The van der Waals surface area contributed by atoms with E-state index in [4.69, 9.17) is 4.74 Å². The van der Waals surface area contributed by atoms with Crippen molar-refractivity contribution in [3.05, 3.63) is 35.4 Å². The molecule has 0 aliphatic rings. The van der Waals surface area contributed by atoms with Crippen molar-refractivity contribution in [2.24, 2.45) is 10.9 Å². The lowest BCUT2D eigenvalue weighted by atomic mass is 10.1. The quantitative estimate of drug-likeness (QED) is 0.681. The number of hydrogen-bond donors (Lipinski definition) is 1. The van der Waals surface area contributed by atoms with E-state index in [2.05, 4.69) is 24.2 Å². The van der Waals surface area contributed by atoms with Gasteiger partial charge in [-0.15, -0.1) is 0 Å². The lowest BCUT2D eigenvalue weighted by Gasteiger charge is -2.17. The molecule has 1 N–H and O–H groups in total. The molecule has 0 radical (unpaired) electrons. The van der Waals surface area contributed by atoms with Crippen LogP contribution >= 0.6 is 0 Å². The van der Waals surface area contributed by atoms with Gasteiger partial charge in [-0.1, -0.05) is 31.5 Å². The third-order valence-electron chi connectivity index (χ3n) is 3.13. The van der Waals surface area contributed by atoms with Crippen molar-refractivity contribution in [3.8, 4) is 0 Å². The van der Waals surface area contributed by atoms with Crippen LogP contribution in [0, 0.1) is 12.8 Å². The number of aliphatic imine (C=N–C) groups is 1. The maximum absolute atomic E-state index is 12.3. The maximum Gasteiger partial charge on any atom is 0.292 e. The van der Waals surface area contributed by atoms with Crippen molar-refractivity contribution >= 4 is 11.9 Å². The molecule has 0 aliphatic heterocycles. The molecule has 1 unspecified atom stereocenters. The number of nitrogens with one attached hydrogen (secondary N) is 1. The van der Waals surface area contributed by atoms with Crippen molar-refractivity contribution in [1.82, 2.24) is 5.32 Å². The number of amidine groups is 1. The van der Waals surface area contributed by atoms with Gasteiger partial charge in [-0.25, -0.2) is 4.99 Å². The van der Waals surface area contributed by atoms with Gasteiger partial charge in [-0.2, -0.15) is 0 Å². The first kappa shape index (κ1) is 17.2. The average molecular weight is 290 g/mol. The summed E-state index contributed by atoms with van der Waals surface area (Å²) in [7, 11) is 0. The minimum Gasteiger partial charge on any atom is -0.462 e. The van der Waals surface area contributed by atoms with Crippen LogP contribution in [0.1, 0.15) is 50.5 Å². The van der Waals surface area contributed by atoms with Gasteiger partial charge in [0.05, 0.1) is 12.1 Å². The molecular formula is C17H26N2O2. The zero-order valence-corrected chi connectivity index (χ0v) is 13.8. The minimum atomic E-state index is -0.200. The van der Waals surface area contributed by atoms with E-state index in [0.29, 0.717) is 11.5 Å². The van der Waals surface area contributed by atoms with Gasteiger partial charge in [-0.05, 0) is 45.7 Å². The van der Waals surface area contributed by atoms with E-state index in [9.17, 15) is 4.79 Å². The first-order valence-corrected chi connectivity index (χ1v) is 7.42. The highest BCUT2D eigenvalue weighted by Crippen LogP contribution is 2.07. The number of hydrogen-bond acceptors (Lipinski definition) is 3. The number of ether oxygens (including phenoxy) is 1. The van der Waals surface area contributed by atoms with E-state index in [1.807, 2.05) is 45.9 Å². The van der Waals surface area contributed by atoms with Crippen LogP contribution in [-0.4, -0.2) is 24.1 Å². The summed E-state index contributed by atoms with van der Waals surface area (Å²) in [5, 5.41) is 2.77. The van der Waals surface area contributed by atoms with Crippen molar-refractivity contribution in [2.45, 2.75) is 53.7 Å². The molecule has 0 heterocycles. The third kappa shape index (κ3) is 5.98. The summed E-state index contributed by atoms with van der Waals surface area (Å²) < 4.78 is 5.61. The zero-order valence-electron chi connectivity index (χ0n) is 13.8. The summed E-state index contributed by atoms with van der Waals surface area (Å²) in [4.78, 5) is 16.7. The molecule has 0 saturated carbocycles. The van der Waals surface area contributed by atoms with Gasteiger partial charge < -0.3 is 4.74 Å². The molecule has 0 aliphatic carbocycles. The van der Waals surface area contributed by atoms with Crippen LogP contribution in [0.5, 0.6) is 0 Å². The van der Waals surface area contributed by atoms with E-state index in [-0.39, 0.29) is 24.1 Å². The molecule has 0 fully saturated rings. The largest absolute Gasteiger partial charge is 0.462 e. The fraction of sp³-hybridized carbons (Fsp3) is 0.529. The molecule has 0 saturated heterocycles. The zero-order chi connectivity index (χ0) is 16.0. The Morgan fingerprint density at radius 1 is 1.19 bits per heavy atom. The van der Waals surface area contributed by atoms with Crippen molar-refractivity contribution in [1.29, 1.82) is 0 Å². The number of carbonyl (C=O) groups excluding carboxylic acids is 1. The van der Waals surface area contributed by atoms with Gasteiger partial charge in [0, 0.05) is 5.56 Å². The molecule has 0 bridgehead atoms. The van der Waals surface area contributed by atoms with Crippen LogP contribution in [0.2, 0.25) is 0 Å². The lowest BCUT2D eigenvalue weighted by molar-refractivity contribution is 0.0959. The van der Waals surface area contributed by atoms with E-state index < -0.39 is 0 Å². The topological polar surface area (TPSA) is 50.7 Å². The van der Waals surface area contributed by atoms with Gasteiger partial charge in [-0.3, -0.25) is 10.1 Å². The third-order valence-corrected chi connectivity index (χ3v) is 3.13. The number of amides is 1. The molecule has 1 aromatic rings. The second-order valence-corrected chi connectivity index (χ2v) is 5.91. The molecule has 0 aromatic heterocycles. The summed E-state index contributed by atoms with van der Waals surface area (Å²) in [6, 6.07) is 7.81. The van der Waals surface area contributed by atoms with Crippen LogP contribution in [0.3, 0.4) is 0 Å².